The Morgan fingerprint density at radius 2 is 1.76 bits per heavy atom. The van der Waals surface area contributed by atoms with Crippen LogP contribution in [-0.2, 0) is 19.3 Å². The number of carbonyl (C=O) groups is 1. The van der Waals surface area contributed by atoms with Crippen molar-refractivity contribution in [2.75, 3.05) is 6.54 Å². The molecule has 3 heterocycles. The number of hydrogen-bond acceptors (Lipinski definition) is 2. The van der Waals surface area contributed by atoms with Gasteiger partial charge in [-0.3, -0.25) is 9.78 Å². The molecule has 0 bridgehead atoms. The van der Waals surface area contributed by atoms with Crippen LogP contribution in [0.25, 0.3) is 22.5 Å². The molecule has 1 aliphatic rings. The topological polar surface area (TPSA) is 57.8 Å². The molecule has 4 heteroatoms. The van der Waals surface area contributed by atoms with E-state index in [-0.39, 0.29) is 5.91 Å². The second kappa shape index (κ2) is 7.86. The molecule has 0 aliphatic carbocycles. The highest BCUT2D eigenvalue weighted by Crippen LogP contribution is 2.32. The number of nitrogens with one attached hydrogen (secondary N) is 2. The average molecular weight is 388 g/mol. The zero-order valence-corrected chi connectivity index (χ0v) is 17.7. The number of benzene rings is 1. The van der Waals surface area contributed by atoms with E-state index in [4.69, 9.17) is 0 Å². The fourth-order valence-corrected chi connectivity index (χ4v) is 4.46. The van der Waals surface area contributed by atoms with Gasteiger partial charge in [-0.15, -0.1) is 0 Å². The molecule has 0 saturated carbocycles. The van der Waals surface area contributed by atoms with Gasteiger partial charge in [0.2, 0.25) is 0 Å². The predicted molar refractivity (Wildman–Crippen MR) is 118 cm³/mol. The number of carbonyl (C=O) groups excluding carboxylic acids is 1. The van der Waals surface area contributed by atoms with Gasteiger partial charge in [-0.05, 0) is 65.8 Å². The molecule has 0 spiro atoms. The number of fused-ring (bicyclic) bond motifs is 1. The molecule has 0 atom stereocenters. The van der Waals surface area contributed by atoms with Gasteiger partial charge >= 0.3 is 0 Å². The number of aromatic amines is 1. The lowest BCUT2D eigenvalue weighted by molar-refractivity contribution is 0.0946. The summed E-state index contributed by atoms with van der Waals surface area (Å²) in [6, 6.07) is 10.7. The average Bonchev–Trinajstić information content (AvgIpc) is 3.18. The number of amides is 1. The van der Waals surface area contributed by atoms with Crippen LogP contribution in [0.15, 0.2) is 36.5 Å². The molecule has 0 fully saturated rings. The van der Waals surface area contributed by atoms with Crippen molar-refractivity contribution in [2.45, 2.75) is 52.9 Å². The number of aromatic nitrogens is 2. The van der Waals surface area contributed by atoms with Crippen LogP contribution in [0.1, 0.15) is 66.4 Å². The summed E-state index contributed by atoms with van der Waals surface area (Å²) < 4.78 is 0. The van der Waals surface area contributed by atoms with Crippen LogP contribution in [-0.4, -0.2) is 22.4 Å². The van der Waals surface area contributed by atoms with E-state index in [0.717, 1.165) is 47.5 Å². The summed E-state index contributed by atoms with van der Waals surface area (Å²) in [6.45, 7) is 9.69. The molecule has 1 aliphatic heterocycles. The minimum absolute atomic E-state index is 0.00693. The van der Waals surface area contributed by atoms with Crippen LogP contribution in [0.3, 0.4) is 0 Å². The van der Waals surface area contributed by atoms with Crippen molar-refractivity contribution in [3.8, 4) is 22.5 Å². The molecule has 0 saturated heterocycles. The third-order valence-electron chi connectivity index (χ3n) is 5.86. The molecule has 150 valence electrons. The molecular weight excluding hydrogens is 358 g/mol. The Labute approximate surface area is 172 Å². The predicted octanol–water partition coefficient (Wildman–Crippen LogP) is 5.28. The fraction of sp³-hybridized carbons (Fsp3) is 0.360. The van der Waals surface area contributed by atoms with Crippen LogP contribution in [0.5, 0.6) is 0 Å². The van der Waals surface area contributed by atoms with E-state index in [9.17, 15) is 4.79 Å². The molecule has 1 amide bonds. The van der Waals surface area contributed by atoms with Gasteiger partial charge in [0.05, 0.1) is 11.3 Å². The summed E-state index contributed by atoms with van der Waals surface area (Å²) in [4.78, 5) is 20.2. The van der Waals surface area contributed by atoms with Crippen molar-refractivity contribution < 1.29 is 4.79 Å². The zero-order chi connectivity index (χ0) is 20.5. The minimum Gasteiger partial charge on any atom is -0.358 e. The van der Waals surface area contributed by atoms with Gasteiger partial charge in [0.1, 0.15) is 0 Å². The lowest BCUT2D eigenvalue weighted by atomic mass is 9.87. The highest BCUT2D eigenvalue weighted by Gasteiger charge is 2.20. The van der Waals surface area contributed by atoms with E-state index in [0.29, 0.717) is 12.5 Å². The van der Waals surface area contributed by atoms with E-state index in [1.54, 1.807) is 0 Å². The quantitative estimate of drug-likeness (QED) is 0.626. The number of pyridine rings is 1. The first-order valence-corrected chi connectivity index (χ1v) is 10.6. The molecule has 4 nitrogen and oxygen atoms in total. The van der Waals surface area contributed by atoms with Crippen molar-refractivity contribution in [2.24, 2.45) is 0 Å². The van der Waals surface area contributed by atoms with Crippen molar-refractivity contribution in [1.29, 1.82) is 0 Å². The van der Waals surface area contributed by atoms with Crippen LogP contribution in [0.2, 0.25) is 0 Å². The third-order valence-corrected chi connectivity index (χ3v) is 5.86. The summed E-state index contributed by atoms with van der Waals surface area (Å²) in [7, 11) is 0. The van der Waals surface area contributed by atoms with Crippen LogP contribution in [0.4, 0.5) is 0 Å². The van der Waals surface area contributed by atoms with Gasteiger partial charge in [-0.1, -0.05) is 27.7 Å². The summed E-state index contributed by atoms with van der Waals surface area (Å²) in [5.41, 5.74) is 10.2. The van der Waals surface area contributed by atoms with Crippen molar-refractivity contribution >= 4 is 5.91 Å². The Morgan fingerprint density at radius 1 is 1.03 bits per heavy atom. The van der Waals surface area contributed by atoms with Gasteiger partial charge in [-0.25, -0.2) is 0 Å². The zero-order valence-electron chi connectivity index (χ0n) is 17.7. The Bertz CT molecular complexity index is 1040. The monoisotopic (exact) mass is 387 g/mol. The minimum atomic E-state index is 0.00693. The Morgan fingerprint density at radius 3 is 2.38 bits per heavy atom. The maximum Gasteiger partial charge on any atom is 0.253 e. The summed E-state index contributed by atoms with van der Waals surface area (Å²) >= 11 is 0. The molecule has 29 heavy (non-hydrogen) atoms. The largest absolute Gasteiger partial charge is 0.358 e. The lowest BCUT2D eigenvalue weighted by Crippen LogP contribution is -2.31. The van der Waals surface area contributed by atoms with Crippen molar-refractivity contribution in [3.05, 3.63) is 64.5 Å². The van der Waals surface area contributed by atoms with E-state index in [1.165, 1.54) is 22.3 Å². The first-order valence-electron chi connectivity index (χ1n) is 10.6. The first kappa shape index (κ1) is 19.4. The summed E-state index contributed by atoms with van der Waals surface area (Å²) in [5.74, 6) is 0.525. The number of hydrogen-bond donors (Lipinski definition) is 2. The standard InChI is InChI=1S/C25H29N3O/c1-5-16-11-19(12-17(6-2)24(16)15(3)4)22-13-18(7-9-26-22)23-14-20-21(28-23)8-10-27-25(20)29/h7,9,11-15,28H,5-6,8,10H2,1-4H3,(H,27,29). The first-order chi connectivity index (χ1) is 14.0. The Kier molecular flexibility index (Phi) is 5.27. The van der Waals surface area contributed by atoms with Crippen LogP contribution in [0, 0.1) is 0 Å². The summed E-state index contributed by atoms with van der Waals surface area (Å²) in [6.07, 6.45) is 4.74. The maximum absolute atomic E-state index is 12.1. The molecule has 0 radical (unpaired) electrons. The highest BCUT2D eigenvalue weighted by atomic mass is 16.1. The smallest absolute Gasteiger partial charge is 0.253 e. The third kappa shape index (κ3) is 3.59. The van der Waals surface area contributed by atoms with E-state index < -0.39 is 0 Å². The van der Waals surface area contributed by atoms with Gasteiger partial charge in [0.15, 0.2) is 0 Å². The maximum atomic E-state index is 12.1. The second-order valence-electron chi connectivity index (χ2n) is 8.08. The molecular formula is C25H29N3O. The molecule has 4 rings (SSSR count). The molecule has 2 N–H and O–H groups in total. The molecule has 3 aromatic rings. The van der Waals surface area contributed by atoms with Gasteiger partial charge in [0, 0.05) is 41.7 Å². The van der Waals surface area contributed by atoms with E-state index >= 15 is 0 Å². The van der Waals surface area contributed by atoms with Gasteiger partial charge in [0.25, 0.3) is 5.91 Å². The molecule has 1 aromatic carbocycles. The lowest BCUT2D eigenvalue weighted by Gasteiger charge is -2.19. The normalized spacial score (nSPS) is 13.5. The molecule has 0 unspecified atom stereocenters. The Balaban J connectivity index is 1.77. The number of rotatable bonds is 5. The molecule has 2 aromatic heterocycles. The van der Waals surface area contributed by atoms with Gasteiger partial charge < -0.3 is 10.3 Å². The number of nitrogens with zero attached hydrogens (tertiary/aromatic N) is 1. The van der Waals surface area contributed by atoms with Crippen molar-refractivity contribution in [3.63, 3.8) is 0 Å². The fourth-order valence-electron chi connectivity index (χ4n) is 4.46. The highest BCUT2D eigenvalue weighted by molar-refractivity contribution is 5.97. The number of aryl methyl sites for hydroxylation is 2. The SMILES string of the molecule is CCc1cc(-c2cc(-c3cc4c([nH]3)CCNC4=O)ccn2)cc(CC)c1C(C)C. The van der Waals surface area contributed by atoms with E-state index in [2.05, 4.69) is 61.2 Å². The second-order valence-corrected chi connectivity index (χ2v) is 8.08. The van der Waals surface area contributed by atoms with Gasteiger partial charge in [-0.2, -0.15) is 0 Å². The van der Waals surface area contributed by atoms with E-state index in [1.807, 2.05) is 18.3 Å². The van der Waals surface area contributed by atoms with Crippen LogP contribution < -0.4 is 5.32 Å². The van der Waals surface area contributed by atoms with Crippen LogP contribution >= 0.6 is 0 Å². The van der Waals surface area contributed by atoms with Crippen molar-refractivity contribution in [1.82, 2.24) is 15.3 Å². The Hall–Kier alpha value is -2.88. The number of H-pyrrole nitrogens is 1. The summed E-state index contributed by atoms with van der Waals surface area (Å²) in [5, 5.41) is 2.91.